The van der Waals surface area contributed by atoms with Gasteiger partial charge in [-0.15, -0.1) is 0 Å². The molecule has 44 valence electrons. The molecule has 0 aromatic heterocycles. The van der Waals surface area contributed by atoms with Crippen LogP contribution in [0.15, 0.2) is 0 Å². The standard InChI is InChI=1S/CH4BFO2S.H2S/c1-6-5-2(3)4;/h4H,1H3;1H2. The Bertz CT molecular complexity index is 36.9. The van der Waals surface area contributed by atoms with Crippen molar-refractivity contribution in [1.29, 1.82) is 0 Å². The second-order valence-electron chi connectivity index (χ2n) is 0.555. The maximum Gasteiger partial charge on any atom is 0.689 e. The maximum atomic E-state index is 11.0. The molecule has 2 nitrogen and oxygen atoms in total. The van der Waals surface area contributed by atoms with Gasteiger partial charge in [0.2, 0.25) is 0 Å². The van der Waals surface area contributed by atoms with Crippen LogP contribution in [0.2, 0.25) is 0 Å². The Morgan fingerprint density at radius 2 is 2.29 bits per heavy atom. The summed E-state index contributed by atoms with van der Waals surface area (Å²) in [5.74, 6) is 0. The third-order valence-electron chi connectivity index (χ3n) is 0.176. The van der Waals surface area contributed by atoms with Crippen molar-refractivity contribution >= 4 is 32.9 Å². The SMILES string of the molecule is CSOB(O)F.S. The highest BCUT2D eigenvalue weighted by atomic mass is 32.2. The van der Waals surface area contributed by atoms with E-state index < -0.39 is 7.40 Å². The second kappa shape index (κ2) is 6.61. The molecule has 1 N–H and O–H groups in total. The van der Waals surface area contributed by atoms with Crippen LogP contribution in [0.25, 0.3) is 0 Å². The van der Waals surface area contributed by atoms with E-state index in [2.05, 4.69) is 4.10 Å². The van der Waals surface area contributed by atoms with Crippen molar-refractivity contribution < 1.29 is 13.4 Å². The second-order valence-corrected chi connectivity index (χ2v) is 1.08. The number of rotatable bonds is 2. The first-order chi connectivity index (χ1) is 2.77. The highest BCUT2D eigenvalue weighted by Crippen LogP contribution is 1.95. The van der Waals surface area contributed by atoms with E-state index in [9.17, 15) is 4.32 Å². The molecule has 0 saturated carbocycles. The molecule has 0 rings (SSSR count). The summed E-state index contributed by atoms with van der Waals surface area (Å²) in [5.41, 5.74) is 0. The fourth-order valence-corrected chi connectivity index (χ4v) is 0.238. The first-order valence-electron chi connectivity index (χ1n) is 1.29. The third kappa shape index (κ3) is 10.8. The van der Waals surface area contributed by atoms with Crippen molar-refractivity contribution in [3.63, 3.8) is 0 Å². The lowest BCUT2D eigenvalue weighted by Crippen LogP contribution is -2.03. The molecule has 6 heteroatoms. The van der Waals surface area contributed by atoms with E-state index in [1.807, 2.05) is 0 Å². The third-order valence-corrected chi connectivity index (χ3v) is 0.527. The van der Waals surface area contributed by atoms with Crippen molar-refractivity contribution in [2.75, 3.05) is 6.26 Å². The molecule has 0 aromatic rings. The van der Waals surface area contributed by atoms with Gasteiger partial charge in [-0.05, 0) is 12.0 Å². The minimum Gasteiger partial charge on any atom is -0.398 e. The number of hydrogen-bond donors (Lipinski definition) is 1. The van der Waals surface area contributed by atoms with Crippen molar-refractivity contribution in [2.45, 2.75) is 0 Å². The molecular formula is CH6BFO2S2. The molecule has 0 aliphatic heterocycles. The molecule has 0 bridgehead atoms. The highest BCUT2D eigenvalue weighted by molar-refractivity contribution is 7.94. The summed E-state index contributed by atoms with van der Waals surface area (Å²) >= 11 is 0.785. The summed E-state index contributed by atoms with van der Waals surface area (Å²) in [7, 11) is -2.14. The van der Waals surface area contributed by atoms with E-state index in [-0.39, 0.29) is 13.5 Å². The van der Waals surface area contributed by atoms with Gasteiger partial charge >= 0.3 is 7.40 Å². The molecular weight excluding hydrogens is 138 g/mol. The minimum atomic E-state index is -2.14. The topological polar surface area (TPSA) is 29.5 Å². The van der Waals surface area contributed by atoms with E-state index in [0.29, 0.717) is 0 Å². The zero-order valence-electron chi connectivity index (χ0n) is 3.72. The molecule has 0 fully saturated rings. The van der Waals surface area contributed by atoms with Gasteiger partial charge in [0.25, 0.3) is 0 Å². The van der Waals surface area contributed by atoms with Gasteiger partial charge in [0.15, 0.2) is 0 Å². The van der Waals surface area contributed by atoms with Crippen LogP contribution in [0.4, 0.5) is 4.32 Å². The van der Waals surface area contributed by atoms with Crippen molar-refractivity contribution in [3.05, 3.63) is 0 Å². The summed E-state index contributed by atoms with van der Waals surface area (Å²) in [6.45, 7) is 0. The molecule has 0 spiro atoms. The highest BCUT2D eigenvalue weighted by Gasteiger charge is 2.08. The minimum absolute atomic E-state index is 0. The Balaban J connectivity index is 0. The lowest BCUT2D eigenvalue weighted by atomic mass is 10.3. The lowest BCUT2D eigenvalue weighted by molar-refractivity contribution is 0.378. The van der Waals surface area contributed by atoms with Crippen molar-refractivity contribution in [3.8, 4) is 0 Å². The van der Waals surface area contributed by atoms with Gasteiger partial charge in [0.05, 0.1) is 0 Å². The summed E-state index contributed by atoms with van der Waals surface area (Å²) in [6.07, 6.45) is 1.52. The number of halogens is 1. The van der Waals surface area contributed by atoms with Gasteiger partial charge in [-0.25, -0.2) is 0 Å². The predicted octanol–water partition coefficient (Wildman–Crippen LogP) is 0.340. The molecule has 0 amide bonds. The van der Waals surface area contributed by atoms with E-state index in [1.165, 1.54) is 6.26 Å². The van der Waals surface area contributed by atoms with Crippen LogP contribution in [-0.4, -0.2) is 18.7 Å². The first-order valence-corrected chi connectivity index (χ1v) is 2.44. The van der Waals surface area contributed by atoms with Crippen LogP contribution < -0.4 is 0 Å². The van der Waals surface area contributed by atoms with Gasteiger partial charge in [-0.3, -0.25) is 4.32 Å². The monoisotopic (exact) mass is 144 g/mol. The van der Waals surface area contributed by atoms with E-state index in [1.54, 1.807) is 0 Å². The van der Waals surface area contributed by atoms with Crippen LogP contribution in [0.3, 0.4) is 0 Å². The molecule has 0 radical (unpaired) electrons. The van der Waals surface area contributed by atoms with Gasteiger partial charge in [-0.1, -0.05) is 0 Å². The van der Waals surface area contributed by atoms with Crippen LogP contribution in [0, 0.1) is 0 Å². The molecule has 0 atom stereocenters. The average Bonchev–Trinajstić information content (AvgIpc) is 1.35. The Morgan fingerprint density at radius 3 is 2.29 bits per heavy atom. The maximum absolute atomic E-state index is 11.0. The molecule has 0 saturated heterocycles. The van der Waals surface area contributed by atoms with Gasteiger partial charge in [-0.2, -0.15) is 13.5 Å². The smallest absolute Gasteiger partial charge is 0.398 e. The zero-order chi connectivity index (χ0) is 4.99. The molecule has 0 aliphatic carbocycles. The quantitative estimate of drug-likeness (QED) is 0.447. The molecule has 0 aliphatic rings. The van der Waals surface area contributed by atoms with Crippen LogP contribution >= 0.6 is 25.5 Å². The Hall–Kier alpha value is 0.615. The molecule has 0 unspecified atom stereocenters. The summed E-state index contributed by atoms with van der Waals surface area (Å²) < 4.78 is 14.9. The van der Waals surface area contributed by atoms with Crippen LogP contribution in [-0.2, 0) is 4.10 Å². The summed E-state index contributed by atoms with van der Waals surface area (Å²) in [4.78, 5) is 0. The van der Waals surface area contributed by atoms with Crippen molar-refractivity contribution in [1.82, 2.24) is 0 Å². The van der Waals surface area contributed by atoms with Crippen molar-refractivity contribution in [2.24, 2.45) is 0 Å². The molecule has 0 heterocycles. The predicted molar refractivity (Wildman–Crippen MR) is 34.1 cm³/mol. The fraction of sp³-hybridized carbons (Fsp3) is 1.00. The first kappa shape index (κ1) is 10.6. The van der Waals surface area contributed by atoms with Crippen LogP contribution in [0.1, 0.15) is 0 Å². The Kier molecular flexibility index (Phi) is 9.99. The average molecular weight is 144 g/mol. The largest absolute Gasteiger partial charge is 0.689 e. The summed E-state index contributed by atoms with van der Waals surface area (Å²) in [6, 6.07) is 0. The van der Waals surface area contributed by atoms with Crippen LogP contribution in [0.5, 0.6) is 0 Å². The molecule has 7 heavy (non-hydrogen) atoms. The molecule has 0 aromatic carbocycles. The zero-order valence-corrected chi connectivity index (χ0v) is 5.54. The number of hydrogen-bond acceptors (Lipinski definition) is 3. The van der Waals surface area contributed by atoms with Gasteiger partial charge < -0.3 is 9.12 Å². The van der Waals surface area contributed by atoms with E-state index in [0.717, 1.165) is 12.0 Å². The normalized spacial score (nSPS) is 7.29. The van der Waals surface area contributed by atoms with Gasteiger partial charge in [0.1, 0.15) is 0 Å². The lowest BCUT2D eigenvalue weighted by Gasteiger charge is -1.87. The van der Waals surface area contributed by atoms with E-state index in [4.69, 9.17) is 5.02 Å². The van der Waals surface area contributed by atoms with Gasteiger partial charge in [0, 0.05) is 6.26 Å². The van der Waals surface area contributed by atoms with E-state index >= 15 is 0 Å². The summed E-state index contributed by atoms with van der Waals surface area (Å²) in [5, 5.41) is 7.64. The Morgan fingerprint density at radius 1 is 1.86 bits per heavy atom. The fourth-order valence-electron chi connectivity index (χ4n) is 0.0794. The Labute approximate surface area is 53.3 Å².